The third-order valence-corrected chi connectivity index (χ3v) is 10.7. The summed E-state index contributed by atoms with van der Waals surface area (Å²) < 4.78 is 56.6. The van der Waals surface area contributed by atoms with Gasteiger partial charge in [0.1, 0.15) is 116 Å². The van der Waals surface area contributed by atoms with Crippen LogP contribution in [0.15, 0.2) is 0 Å². The van der Waals surface area contributed by atoms with Crippen molar-refractivity contribution in [2.24, 2.45) is 0 Å². The lowest BCUT2D eigenvalue weighted by atomic mass is 9.95. The molecular formula is C34H60O25. The average molecular weight is 869 g/mol. The molecule has 15 N–H and O–H groups in total. The molecule has 0 radical (unpaired) electrons. The van der Waals surface area contributed by atoms with Gasteiger partial charge in [-0.25, -0.2) is 0 Å². The highest BCUT2D eigenvalue weighted by atomic mass is 16.8. The highest BCUT2D eigenvalue weighted by Crippen LogP contribution is 2.36. The average Bonchev–Trinajstić information content (AvgIpc) is 3.19. The van der Waals surface area contributed by atoms with E-state index in [1.54, 1.807) is 20.8 Å². The number of aliphatic hydroxyl groups excluding tert-OH is 15. The molecule has 25 atom stereocenters. The van der Waals surface area contributed by atoms with Crippen molar-refractivity contribution < 1.29 is 124 Å². The Hall–Kier alpha value is -1.00. The predicted octanol–water partition coefficient (Wildman–Crippen LogP) is -9.07. The van der Waals surface area contributed by atoms with Gasteiger partial charge in [-0.15, -0.1) is 0 Å². The number of hydrogen-bond donors (Lipinski definition) is 15. The monoisotopic (exact) mass is 868 g/mol. The van der Waals surface area contributed by atoms with Gasteiger partial charge in [0.25, 0.3) is 0 Å². The van der Waals surface area contributed by atoms with Gasteiger partial charge in [0, 0.05) is 0 Å². The second-order valence-corrected chi connectivity index (χ2v) is 16.1. The smallest absolute Gasteiger partial charge is 0.187 e. The molecule has 5 saturated heterocycles. The Labute approximate surface area is 337 Å². The highest BCUT2D eigenvalue weighted by molar-refractivity contribution is 4.99. The van der Waals surface area contributed by atoms with Gasteiger partial charge in [0.2, 0.25) is 0 Å². The van der Waals surface area contributed by atoms with E-state index in [1.807, 2.05) is 0 Å². The van der Waals surface area contributed by atoms with Gasteiger partial charge < -0.3 is 124 Å². The van der Waals surface area contributed by atoms with Crippen LogP contribution in [0.3, 0.4) is 0 Å². The van der Waals surface area contributed by atoms with E-state index in [9.17, 15) is 76.6 Å². The number of ether oxygens (including phenoxy) is 10. The van der Waals surface area contributed by atoms with Crippen LogP contribution in [0, 0.1) is 0 Å². The summed E-state index contributed by atoms with van der Waals surface area (Å²) in [4.78, 5) is 0. The second-order valence-electron chi connectivity index (χ2n) is 16.1. The van der Waals surface area contributed by atoms with Gasteiger partial charge in [-0.1, -0.05) is 0 Å². The van der Waals surface area contributed by atoms with Crippen molar-refractivity contribution in [3.05, 3.63) is 0 Å². The van der Waals surface area contributed by atoms with E-state index in [4.69, 9.17) is 47.4 Å². The normalized spacial score (nSPS) is 51.4. The lowest BCUT2D eigenvalue weighted by molar-refractivity contribution is -0.399. The SMILES string of the molecule is CC1O[C@@H](O[C@@H]2C(O)[C@H](OC(C)(C)C)OC(CO)[C@H]2O)C(O)[C@@H](O[C@@H]2OC(CO)[C@@H](O)[C@H](O[C@@H]3OC(CO)[C@@H](O)[C@H](O)C3O[C@H]3OC(CO)[C@@H](O)[C@H](O)C3O)C2O)[C@H]1O. The van der Waals surface area contributed by atoms with Crippen molar-refractivity contribution in [3.63, 3.8) is 0 Å². The maximum absolute atomic E-state index is 11.5. The highest BCUT2D eigenvalue weighted by Gasteiger charge is 2.57. The van der Waals surface area contributed by atoms with Crippen molar-refractivity contribution in [2.45, 2.75) is 187 Å². The summed E-state index contributed by atoms with van der Waals surface area (Å²) in [7, 11) is 0. The molecule has 25 nitrogen and oxygen atoms in total. The molecular weight excluding hydrogens is 808 g/mol. The molecule has 10 unspecified atom stereocenters. The lowest BCUT2D eigenvalue weighted by Gasteiger charge is -2.50. The largest absolute Gasteiger partial charge is 0.394 e. The first-order chi connectivity index (χ1) is 27.7. The fraction of sp³-hybridized carbons (Fsp3) is 1.00. The quantitative estimate of drug-likeness (QED) is 0.0817. The first-order valence-electron chi connectivity index (χ1n) is 19.2. The molecule has 0 spiro atoms. The zero-order chi connectivity index (χ0) is 43.8. The second kappa shape index (κ2) is 20.2. The standard InChI is InChI=1S/C34H60O25/c1-9-14(39)25(22(47)30(50-9)56-27-18(43)13(8-38)53-32(24(27)49)59-34(2,3)4)55-31-23(48)26(17(42)12(7-37)52-31)57-33-28(20(45)16(41)11(6-36)54-33)58-29-21(46)19(44)15(40)10(5-35)51-29/h9-33,35-49H,5-8H2,1-4H3/t9?,10?,11?,12?,13?,14-,15+,16+,17+,18+,19-,20-,21?,22?,23?,24?,25-,26-,27-,28?,29+,30-,31-,32-,33-/m0/s1. The Morgan fingerprint density at radius 3 is 1.17 bits per heavy atom. The summed E-state index contributed by atoms with van der Waals surface area (Å²) in [6.07, 6.45) is -44.4. The van der Waals surface area contributed by atoms with E-state index < -0.39 is 186 Å². The molecule has 5 rings (SSSR count). The lowest BCUT2D eigenvalue weighted by Crippen LogP contribution is -2.68. The van der Waals surface area contributed by atoms with Crippen LogP contribution in [0.5, 0.6) is 0 Å². The van der Waals surface area contributed by atoms with E-state index in [2.05, 4.69) is 0 Å². The summed E-state index contributed by atoms with van der Waals surface area (Å²) in [5.41, 5.74) is -0.873. The molecule has 5 fully saturated rings. The van der Waals surface area contributed by atoms with Crippen LogP contribution in [-0.2, 0) is 47.4 Å². The van der Waals surface area contributed by atoms with Gasteiger partial charge in [-0.3, -0.25) is 0 Å². The number of hydrogen-bond acceptors (Lipinski definition) is 25. The van der Waals surface area contributed by atoms with Crippen molar-refractivity contribution >= 4 is 0 Å². The molecule has 0 bridgehead atoms. The number of aliphatic hydroxyl groups is 15. The van der Waals surface area contributed by atoms with Gasteiger partial charge in [-0.05, 0) is 27.7 Å². The fourth-order valence-electron chi connectivity index (χ4n) is 7.37. The molecule has 346 valence electrons. The van der Waals surface area contributed by atoms with Crippen LogP contribution in [0.2, 0.25) is 0 Å². The zero-order valence-corrected chi connectivity index (χ0v) is 32.6. The summed E-state index contributed by atoms with van der Waals surface area (Å²) >= 11 is 0. The van der Waals surface area contributed by atoms with E-state index in [0.29, 0.717) is 0 Å². The number of rotatable bonds is 13. The third-order valence-electron chi connectivity index (χ3n) is 10.7. The molecule has 5 aliphatic rings. The molecule has 5 aliphatic heterocycles. The molecule has 25 heteroatoms. The Balaban J connectivity index is 1.36. The molecule has 5 heterocycles. The first-order valence-corrected chi connectivity index (χ1v) is 19.2. The molecule has 0 aliphatic carbocycles. The van der Waals surface area contributed by atoms with Crippen LogP contribution in [-0.4, -0.2) is 262 Å². The van der Waals surface area contributed by atoms with Crippen LogP contribution in [0.1, 0.15) is 27.7 Å². The maximum atomic E-state index is 11.5. The van der Waals surface area contributed by atoms with E-state index >= 15 is 0 Å². The van der Waals surface area contributed by atoms with Gasteiger partial charge >= 0.3 is 0 Å². The first kappa shape index (κ1) is 49.0. The van der Waals surface area contributed by atoms with Crippen molar-refractivity contribution in [1.82, 2.24) is 0 Å². The summed E-state index contributed by atoms with van der Waals surface area (Å²) in [6.45, 7) is 2.88. The third kappa shape index (κ3) is 10.5. The Bertz CT molecular complexity index is 1290. The fourth-order valence-corrected chi connectivity index (χ4v) is 7.37. The van der Waals surface area contributed by atoms with Crippen LogP contribution in [0.25, 0.3) is 0 Å². The van der Waals surface area contributed by atoms with Crippen molar-refractivity contribution in [2.75, 3.05) is 26.4 Å². The molecule has 0 aromatic rings. The Morgan fingerprint density at radius 2 is 0.695 bits per heavy atom. The van der Waals surface area contributed by atoms with Crippen molar-refractivity contribution in [3.8, 4) is 0 Å². The predicted molar refractivity (Wildman–Crippen MR) is 184 cm³/mol. The summed E-state index contributed by atoms with van der Waals surface area (Å²) in [5, 5.41) is 159. The maximum Gasteiger partial charge on any atom is 0.187 e. The molecule has 0 amide bonds. The minimum absolute atomic E-state index is 0.725. The van der Waals surface area contributed by atoms with Gasteiger partial charge in [-0.2, -0.15) is 0 Å². The van der Waals surface area contributed by atoms with E-state index in [1.165, 1.54) is 6.92 Å². The Morgan fingerprint density at radius 1 is 0.356 bits per heavy atom. The summed E-state index contributed by atoms with van der Waals surface area (Å²) in [6, 6.07) is 0. The molecule has 0 saturated carbocycles. The van der Waals surface area contributed by atoms with E-state index in [-0.39, 0.29) is 0 Å². The zero-order valence-electron chi connectivity index (χ0n) is 32.6. The van der Waals surface area contributed by atoms with Crippen molar-refractivity contribution in [1.29, 1.82) is 0 Å². The Kier molecular flexibility index (Phi) is 16.8. The van der Waals surface area contributed by atoms with E-state index in [0.717, 1.165) is 0 Å². The summed E-state index contributed by atoms with van der Waals surface area (Å²) in [5.74, 6) is 0. The minimum atomic E-state index is -2.13. The molecule has 0 aromatic carbocycles. The van der Waals surface area contributed by atoms with Gasteiger partial charge in [0.15, 0.2) is 31.5 Å². The van der Waals surface area contributed by atoms with Crippen LogP contribution in [0.4, 0.5) is 0 Å². The van der Waals surface area contributed by atoms with Gasteiger partial charge in [0.05, 0.1) is 38.1 Å². The molecule has 0 aromatic heterocycles. The topological polar surface area (TPSA) is 396 Å². The molecule has 59 heavy (non-hydrogen) atoms. The van der Waals surface area contributed by atoms with Crippen LogP contribution >= 0.6 is 0 Å². The van der Waals surface area contributed by atoms with Crippen LogP contribution < -0.4 is 0 Å². The minimum Gasteiger partial charge on any atom is -0.394 e.